The van der Waals surface area contributed by atoms with E-state index in [0.29, 0.717) is 31.5 Å². The Kier molecular flexibility index (Phi) is 6.20. The second kappa shape index (κ2) is 8.92. The molecule has 0 spiro atoms. The zero-order valence-electron chi connectivity index (χ0n) is 18.5. The van der Waals surface area contributed by atoms with Crippen molar-refractivity contribution in [2.75, 3.05) is 0 Å². The highest BCUT2D eigenvalue weighted by Crippen LogP contribution is 2.45. The largest absolute Gasteiger partial charge is 0.487 e. The standard InChI is InChI=1S/C25H23ClF5NO3/c26-20-6-14(25(29,30)31)7-22(23(20)28)35-17-8-15-3-4-16(9-17)32(15)11-13-5-21(27)19(24(33)34)10-18(13)12-1-2-12/h5-7,10,12,15-17H,1-4,8-9,11H2,(H,33,34). The van der Waals surface area contributed by atoms with Crippen LogP contribution in [0.15, 0.2) is 24.3 Å². The summed E-state index contributed by atoms with van der Waals surface area (Å²) in [5.41, 5.74) is 0.232. The predicted molar refractivity (Wildman–Crippen MR) is 118 cm³/mol. The minimum Gasteiger partial charge on any atom is -0.487 e. The first kappa shape index (κ1) is 24.3. The Bertz CT molecular complexity index is 1150. The lowest BCUT2D eigenvalue weighted by molar-refractivity contribution is -0.137. The van der Waals surface area contributed by atoms with Crippen LogP contribution in [0.5, 0.6) is 5.75 Å². The fourth-order valence-electron chi connectivity index (χ4n) is 5.47. The van der Waals surface area contributed by atoms with Crippen molar-refractivity contribution in [3.8, 4) is 5.75 Å². The first-order valence-electron chi connectivity index (χ1n) is 11.6. The lowest BCUT2D eigenvalue weighted by Crippen LogP contribution is -2.46. The lowest BCUT2D eigenvalue weighted by atomic mass is 9.95. The molecule has 0 radical (unpaired) electrons. The van der Waals surface area contributed by atoms with Crippen molar-refractivity contribution in [3.05, 3.63) is 63.2 Å². The molecule has 3 aliphatic rings. The number of carboxylic acids is 1. The van der Waals surface area contributed by atoms with Crippen molar-refractivity contribution < 1.29 is 36.6 Å². The number of halogens is 6. The first-order chi connectivity index (χ1) is 16.5. The van der Waals surface area contributed by atoms with Gasteiger partial charge in [0.25, 0.3) is 0 Å². The fraction of sp³-hybridized carbons (Fsp3) is 0.480. The number of rotatable bonds is 6. The van der Waals surface area contributed by atoms with Crippen molar-refractivity contribution in [2.45, 2.75) is 75.4 Å². The molecule has 2 atom stereocenters. The summed E-state index contributed by atoms with van der Waals surface area (Å²) in [5, 5.41) is 8.64. The fourth-order valence-corrected chi connectivity index (χ4v) is 5.69. The van der Waals surface area contributed by atoms with Crippen LogP contribution in [-0.2, 0) is 12.7 Å². The number of carbonyl (C=O) groups is 1. The topological polar surface area (TPSA) is 49.8 Å². The van der Waals surface area contributed by atoms with Crippen LogP contribution in [0.1, 0.15) is 71.5 Å². The Morgan fingerprint density at radius 2 is 1.71 bits per heavy atom. The number of hydrogen-bond donors (Lipinski definition) is 1. The van der Waals surface area contributed by atoms with Gasteiger partial charge in [0.05, 0.1) is 16.1 Å². The molecule has 1 aliphatic carbocycles. The molecule has 0 amide bonds. The minimum atomic E-state index is -4.68. The third-order valence-electron chi connectivity index (χ3n) is 7.29. The molecule has 2 aromatic carbocycles. The van der Waals surface area contributed by atoms with E-state index in [0.717, 1.165) is 36.8 Å². The third-order valence-corrected chi connectivity index (χ3v) is 7.56. The quantitative estimate of drug-likeness (QED) is 0.430. The van der Waals surface area contributed by atoms with Crippen LogP contribution in [-0.4, -0.2) is 34.2 Å². The Morgan fingerprint density at radius 1 is 1.06 bits per heavy atom. The van der Waals surface area contributed by atoms with E-state index in [-0.39, 0.29) is 23.6 Å². The molecule has 188 valence electrons. The Hall–Kier alpha value is -2.39. The maximum Gasteiger partial charge on any atom is 0.416 e. The SMILES string of the molecule is O=C(O)c1cc(C2CC2)c(CN2C3CCC2CC(Oc2cc(C(F)(F)F)cc(Cl)c2F)C3)cc1F. The smallest absolute Gasteiger partial charge is 0.416 e. The van der Waals surface area contributed by atoms with E-state index in [1.165, 1.54) is 12.1 Å². The van der Waals surface area contributed by atoms with Crippen molar-refractivity contribution in [3.63, 3.8) is 0 Å². The second-order valence-corrected chi connectivity index (χ2v) is 10.1. The van der Waals surface area contributed by atoms with Gasteiger partial charge in [0, 0.05) is 18.6 Å². The van der Waals surface area contributed by atoms with Gasteiger partial charge in [-0.3, -0.25) is 4.90 Å². The van der Waals surface area contributed by atoms with Crippen molar-refractivity contribution >= 4 is 17.6 Å². The van der Waals surface area contributed by atoms with Crippen molar-refractivity contribution in [2.24, 2.45) is 0 Å². The van der Waals surface area contributed by atoms with E-state index in [4.69, 9.17) is 16.3 Å². The van der Waals surface area contributed by atoms with Crippen LogP contribution in [0.25, 0.3) is 0 Å². The lowest BCUT2D eigenvalue weighted by Gasteiger charge is -2.39. The third kappa shape index (κ3) is 4.85. The molecule has 5 rings (SSSR count). The van der Waals surface area contributed by atoms with Crippen LogP contribution >= 0.6 is 11.6 Å². The first-order valence-corrected chi connectivity index (χ1v) is 11.9. The summed E-state index contributed by atoms with van der Waals surface area (Å²) in [7, 11) is 0. The van der Waals surface area contributed by atoms with E-state index >= 15 is 0 Å². The van der Waals surface area contributed by atoms with Crippen LogP contribution in [0.2, 0.25) is 5.02 Å². The molecule has 3 fully saturated rings. The summed E-state index contributed by atoms with van der Waals surface area (Å²) in [5.74, 6) is -3.35. The number of aromatic carboxylic acids is 1. The maximum absolute atomic E-state index is 14.5. The van der Waals surface area contributed by atoms with Gasteiger partial charge in [-0.2, -0.15) is 13.2 Å². The summed E-state index contributed by atoms with van der Waals surface area (Å²) in [6.07, 6.45) is -0.641. The number of alkyl halides is 3. The molecule has 35 heavy (non-hydrogen) atoms. The highest BCUT2D eigenvalue weighted by Gasteiger charge is 2.43. The number of hydrogen-bond acceptors (Lipinski definition) is 3. The molecular formula is C25H23ClF5NO3. The molecule has 2 aromatic rings. The molecule has 2 heterocycles. The highest BCUT2D eigenvalue weighted by atomic mass is 35.5. The van der Waals surface area contributed by atoms with Crippen LogP contribution in [0, 0.1) is 11.6 Å². The summed E-state index contributed by atoms with van der Waals surface area (Å²) in [4.78, 5) is 13.6. The van der Waals surface area contributed by atoms with Gasteiger partial charge in [0.2, 0.25) is 0 Å². The van der Waals surface area contributed by atoms with Crippen LogP contribution in [0.3, 0.4) is 0 Å². The molecule has 2 saturated heterocycles. The normalized spacial score (nSPS) is 24.6. The van der Waals surface area contributed by atoms with Gasteiger partial charge in [-0.05, 0) is 79.8 Å². The van der Waals surface area contributed by atoms with E-state index in [1.807, 2.05) is 0 Å². The van der Waals surface area contributed by atoms with Gasteiger partial charge in [0.15, 0.2) is 11.6 Å². The zero-order chi connectivity index (χ0) is 25.1. The number of piperidine rings is 1. The Morgan fingerprint density at radius 3 is 2.29 bits per heavy atom. The van der Waals surface area contributed by atoms with Gasteiger partial charge < -0.3 is 9.84 Å². The molecule has 1 saturated carbocycles. The molecule has 0 aromatic heterocycles. The number of nitrogens with zero attached hydrogens (tertiary/aromatic N) is 1. The number of ether oxygens (including phenoxy) is 1. The highest BCUT2D eigenvalue weighted by molar-refractivity contribution is 6.31. The van der Waals surface area contributed by atoms with E-state index < -0.39 is 46.2 Å². The molecule has 10 heteroatoms. The Labute approximate surface area is 203 Å². The number of benzene rings is 2. The molecule has 2 unspecified atom stereocenters. The van der Waals surface area contributed by atoms with Gasteiger partial charge in [0.1, 0.15) is 11.9 Å². The Balaban J connectivity index is 1.33. The van der Waals surface area contributed by atoms with Gasteiger partial charge in [-0.15, -0.1) is 0 Å². The van der Waals surface area contributed by atoms with Crippen molar-refractivity contribution in [1.29, 1.82) is 0 Å². The van der Waals surface area contributed by atoms with Gasteiger partial charge in [-0.25, -0.2) is 13.6 Å². The van der Waals surface area contributed by atoms with Crippen LogP contribution < -0.4 is 4.74 Å². The molecule has 2 aliphatic heterocycles. The molecular weight excluding hydrogens is 493 g/mol. The monoisotopic (exact) mass is 515 g/mol. The van der Waals surface area contributed by atoms with Crippen LogP contribution in [0.4, 0.5) is 22.0 Å². The van der Waals surface area contributed by atoms with Gasteiger partial charge >= 0.3 is 12.1 Å². The minimum absolute atomic E-state index is 0.0392. The number of fused-ring (bicyclic) bond motifs is 2. The second-order valence-electron chi connectivity index (χ2n) is 9.65. The maximum atomic E-state index is 14.5. The summed E-state index contributed by atoms with van der Waals surface area (Å²) < 4.78 is 74.0. The van der Waals surface area contributed by atoms with E-state index in [1.54, 1.807) is 0 Å². The summed E-state index contributed by atoms with van der Waals surface area (Å²) in [6.45, 7) is 0.453. The summed E-state index contributed by atoms with van der Waals surface area (Å²) >= 11 is 5.68. The van der Waals surface area contributed by atoms with E-state index in [2.05, 4.69) is 4.90 Å². The predicted octanol–water partition coefficient (Wildman–Crippen LogP) is 6.79. The average molecular weight is 516 g/mol. The molecule has 1 N–H and O–H groups in total. The zero-order valence-corrected chi connectivity index (χ0v) is 19.3. The molecule has 4 nitrogen and oxygen atoms in total. The summed E-state index contributed by atoms with van der Waals surface area (Å²) in [6, 6.07) is 4.03. The molecule has 2 bridgehead atoms. The number of carboxylic acid groups (broad SMARTS) is 1. The van der Waals surface area contributed by atoms with E-state index in [9.17, 15) is 31.9 Å². The average Bonchev–Trinajstić information content (AvgIpc) is 3.57. The van der Waals surface area contributed by atoms with Crippen molar-refractivity contribution in [1.82, 2.24) is 4.90 Å². The van der Waals surface area contributed by atoms with Gasteiger partial charge in [-0.1, -0.05) is 11.6 Å².